The number of carbonyl (C=O) groups is 1. The zero-order valence-electron chi connectivity index (χ0n) is 16.2. The fraction of sp³-hybridized carbons (Fsp3) is 0.125. The number of fused-ring (bicyclic) bond motifs is 1. The fourth-order valence-electron chi connectivity index (χ4n) is 3.12. The van der Waals surface area contributed by atoms with E-state index in [1.807, 2.05) is 30.3 Å². The van der Waals surface area contributed by atoms with Gasteiger partial charge in [-0.05, 0) is 66.9 Å². The number of amides is 1. The molecule has 0 unspecified atom stereocenters. The summed E-state index contributed by atoms with van der Waals surface area (Å²) in [6, 6.07) is 22.9. The molecule has 0 saturated carbocycles. The topological polar surface area (TPSA) is 57.0 Å². The predicted octanol–water partition coefficient (Wildman–Crippen LogP) is 5.63. The summed E-state index contributed by atoms with van der Waals surface area (Å²) < 4.78 is 1.06. The van der Waals surface area contributed by atoms with Crippen LogP contribution in [0.5, 0.6) is 0 Å². The third-order valence-corrected chi connectivity index (χ3v) is 5.95. The molecule has 0 saturated heterocycles. The Bertz CT molecular complexity index is 1180. The first kappa shape index (κ1) is 18.9. The minimum Gasteiger partial charge on any atom is -0.279 e. The van der Waals surface area contributed by atoms with E-state index in [1.165, 1.54) is 22.5 Å². The molecule has 1 aromatic heterocycles. The Morgan fingerprint density at radius 1 is 1.03 bits per heavy atom. The maximum absolute atomic E-state index is 13.4. The summed E-state index contributed by atoms with van der Waals surface area (Å²) in [5, 5.41) is 9.69. The van der Waals surface area contributed by atoms with Crippen LogP contribution in [0.4, 0.5) is 5.13 Å². The van der Waals surface area contributed by atoms with Crippen molar-refractivity contribution in [1.82, 2.24) is 4.98 Å². The van der Waals surface area contributed by atoms with Gasteiger partial charge in [-0.1, -0.05) is 41.7 Å². The molecule has 0 aliphatic carbocycles. The number of thiazole rings is 1. The maximum atomic E-state index is 13.4. The van der Waals surface area contributed by atoms with Crippen LogP contribution in [-0.4, -0.2) is 10.9 Å². The van der Waals surface area contributed by atoms with Crippen LogP contribution in [0.3, 0.4) is 0 Å². The number of hydrogen-bond acceptors (Lipinski definition) is 4. The van der Waals surface area contributed by atoms with Gasteiger partial charge < -0.3 is 0 Å². The van der Waals surface area contributed by atoms with Gasteiger partial charge in [0.2, 0.25) is 0 Å². The van der Waals surface area contributed by atoms with Gasteiger partial charge in [0.1, 0.15) is 0 Å². The summed E-state index contributed by atoms with van der Waals surface area (Å²) in [7, 11) is 0. The van der Waals surface area contributed by atoms with Crippen LogP contribution < -0.4 is 4.90 Å². The highest BCUT2D eigenvalue weighted by Gasteiger charge is 2.22. The summed E-state index contributed by atoms with van der Waals surface area (Å²) in [4.78, 5) is 19.8. The second kappa shape index (κ2) is 7.86. The molecule has 4 nitrogen and oxygen atoms in total. The largest absolute Gasteiger partial charge is 0.279 e. The van der Waals surface area contributed by atoms with E-state index in [2.05, 4.69) is 32.0 Å². The van der Waals surface area contributed by atoms with Gasteiger partial charge in [0.25, 0.3) is 5.91 Å². The number of nitriles is 1. The Morgan fingerprint density at radius 3 is 2.41 bits per heavy atom. The van der Waals surface area contributed by atoms with Gasteiger partial charge >= 0.3 is 0 Å². The van der Waals surface area contributed by atoms with Crippen LogP contribution in [0.15, 0.2) is 66.7 Å². The zero-order valence-corrected chi connectivity index (χ0v) is 17.0. The Labute approximate surface area is 173 Å². The molecule has 4 aromatic rings. The first-order valence-electron chi connectivity index (χ1n) is 9.29. The summed E-state index contributed by atoms with van der Waals surface area (Å²) in [6.07, 6.45) is 0. The van der Waals surface area contributed by atoms with Crippen molar-refractivity contribution in [2.75, 3.05) is 4.90 Å². The molecule has 0 atom stereocenters. The first-order chi connectivity index (χ1) is 14.0. The number of benzene rings is 3. The summed E-state index contributed by atoms with van der Waals surface area (Å²) in [5.74, 6) is -0.133. The summed E-state index contributed by atoms with van der Waals surface area (Å²) in [6.45, 7) is 4.58. The maximum Gasteiger partial charge on any atom is 0.260 e. The Morgan fingerprint density at radius 2 is 1.72 bits per heavy atom. The average Bonchev–Trinajstić information content (AvgIpc) is 3.15. The molecule has 5 heteroatoms. The lowest BCUT2D eigenvalue weighted by Gasteiger charge is -2.20. The van der Waals surface area contributed by atoms with Gasteiger partial charge in [0.05, 0.1) is 28.4 Å². The normalized spacial score (nSPS) is 10.7. The van der Waals surface area contributed by atoms with Gasteiger partial charge in [-0.3, -0.25) is 9.69 Å². The zero-order chi connectivity index (χ0) is 20.4. The molecule has 4 rings (SSSR count). The van der Waals surface area contributed by atoms with Crippen LogP contribution in [0.2, 0.25) is 0 Å². The summed E-state index contributed by atoms with van der Waals surface area (Å²) >= 11 is 1.52. The number of anilines is 1. The average molecular weight is 398 g/mol. The van der Waals surface area contributed by atoms with E-state index in [9.17, 15) is 4.79 Å². The van der Waals surface area contributed by atoms with Gasteiger partial charge in [0, 0.05) is 5.56 Å². The summed E-state index contributed by atoms with van der Waals surface area (Å²) in [5.41, 5.74) is 5.39. The molecule has 0 aliphatic rings. The number of aromatic nitrogens is 1. The molecule has 0 fully saturated rings. The predicted molar refractivity (Wildman–Crippen MR) is 117 cm³/mol. The van der Waals surface area contributed by atoms with Crippen molar-refractivity contribution >= 4 is 32.6 Å². The van der Waals surface area contributed by atoms with E-state index in [0.717, 1.165) is 15.8 Å². The standard InChI is InChI=1S/C24H19N3OS/c1-16-12-21-22(13-17(16)2)29-24(26-21)27(15-19-6-4-3-5-7-19)23(28)20-10-8-18(14-25)9-11-20/h3-13H,15H2,1-2H3. The highest BCUT2D eigenvalue weighted by molar-refractivity contribution is 7.22. The monoisotopic (exact) mass is 397 g/mol. The first-order valence-corrected chi connectivity index (χ1v) is 10.1. The molecule has 0 radical (unpaired) electrons. The third-order valence-electron chi connectivity index (χ3n) is 4.91. The lowest BCUT2D eigenvalue weighted by atomic mass is 10.1. The molecular formula is C24H19N3OS. The molecule has 29 heavy (non-hydrogen) atoms. The quantitative estimate of drug-likeness (QED) is 0.448. The van der Waals surface area contributed by atoms with Crippen LogP contribution in [0.25, 0.3) is 10.2 Å². The van der Waals surface area contributed by atoms with E-state index in [0.29, 0.717) is 22.8 Å². The van der Waals surface area contributed by atoms with Crippen molar-refractivity contribution in [3.63, 3.8) is 0 Å². The smallest absolute Gasteiger partial charge is 0.260 e. The fourth-order valence-corrected chi connectivity index (χ4v) is 4.16. The van der Waals surface area contributed by atoms with Gasteiger partial charge in [-0.25, -0.2) is 4.98 Å². The van der Waals surface area contributed by atoms with Crippen LogP contribution in [0.1, 0.15) is 32.6 Å². The Balaban J connectivity index is 1.77. The van der Waals surface area contributed by atoms with Crippen molar-refractivity contribution in [2.45, 2.75) is 20.4 Å². The molecule has 1 amide bonds. The molecule has 0 N–H and O–H groups in total. The van der Waals surface area contributed by atoms with Crippen molar-refractivity contribution in [2.24, 2.45) is 0 Å². The number of carbonyl (C=O) groups excluding carboxylic acids is 1. The van der Waals surface area contributed by atoms with Gasteiger partial charge in [-0.2, -0.15) is 5.26 Å². The minimum absolute atomic E-state index is 0.133. The van der Waals surface area contributed by atoms with Crippen LogP contribution >= 0.6 is 11.3 Å². The van der Waals surface area contributed by atoms with E-state index in [1.54, 1.807) is 29.2 Å². The number of hydrogen-bond donors (Lipinski definition) is 0. The number of aryl methyl sites for hydroxylation is 2. The highest BCUT2D eigenvalue weighted by atomic mass is 32.1. The van der Waals surface area contributed by atoms with Crippen molar-refractivity contribution < 1.29 is 4.79 Å². The molecule has 0 aliphatic heterocycles. The van der Waals surface area contributed by atoms with E-state index in [4.69, 9.17) is 10.2 Å². The van der Waals surface area contributed by atoms with Crippen molar-refractivity contribution in [3.05, 3.63) is 94.5 Å². The Kier molecular flexibility index (Phi) is 5.11. The van der Waals surface area contributed by atoms with Crippen molar-refractivity contribution in [1.29, 1.82) is 5.26 Å². The lowest BCUT2D eigenvalue weighted by Crippen LogP contribution is -2.30. The van der Waals surface area contributed by atoms with E-state index in [-0.39, 0.29) is 5.91 Å². The Hall–Kier alpha value is -3.49. The second-order valence-corrected chi connectivity index (χ2v) is 7.98. The SMILES string of the molecule is Cc1cc2nc(N(Cc3ccccc3)C(=O)c3ccc(C#N)cc3)sc2cc1C. The lowest BCUT2D eigenvalue weighted by molar-refractivity contribution is 0.0985. The molecule has 142 valence electrons. The van der Waals surface area contributed by atoms with Gasteiger partial charge in [0.15, 0.2) is 5.13 Å². The third kappa shape index (κ3) is 3.89. The molecule has 0 spiro atoms. The van der Waals surface area contributed by atoms with E-state index < -0.39 is 0 Å². The second-order valence-electron chi connectivity index (χ2n) is 6.97. The highest BCUT2D eigenvalue weighted by Crippen LogP contribution is 2.32. The van der Waals surface area contributed by atoms with Crippen LogP contribution in [-0.2, 0) is 6.54 Å². The molecular weight excluding hydrogens is 378 g/mol. The minimum atomic E-state index is -0.133. The molecule has 3 aromatic carbocycles. The van der Waals surface area contributed by atoms with Crippen LogP contribution in [0, 0.1) is 25.2 Å². The van der Waals surface area contributed by atoms with Crippen molar-refractivity contribution in [3.8, 4) is 6.07 Å². The van der Waals surface area contributed by atoms with E-state index >= 15 is 0 Å². The number of nitrogens with zero attached hydrogens (tertiary/aromatic N) is 3. The number of rotatable bonds is 4. The molecule has 0 bridgehead atoms. The van der Waals surface area contributed by atoms with Gasteiger partial charge in [-0.15, -0.1) is 0 Å². The molecule has 1 heterocycles.